The molecule has 0 bridgehead atoms. The SMILES string of the molecule is Oc1cc(Br)c(I)cc1CN1CCN2CC3(CC3)C[C@H]2C1. The molecule has 1 spiro atoms. The Morgan fingerprint density at radius 2 is 2.14 bits per heavy atom. The van der Waals surface area contributed by atoms with Crippen molar-refractivity contribution in [2.75, 3.05) is 26.2 Å². The van der Waals surface area contributed by atoms with Gasteiger partial charge in [-0.1, -0.05) is 0 Å². The van der Waals surface area contributed by atoms with Crippen molar-refractivity contribution in [1.29, 1.82) is 0 Å². The number of hydrogen-bond donors (Lipinski definition) is 1. The van der Waals surface area contributed by atoms with Gasteiger partial charge in [0.1, 0.15) is 5.75 Å². The van der Waals surface area contributed by atoms with Gasteiger partial charge in [0, 0.05) is 52.4 Å². The van der Waals surface area contributed by atoms with Crippen LogP contribution in [0.15, 0.2) is 16.6 Å². The highest BCUT2D eigenvalue weighted by Gasteiger charge is 2.52. The van der Waals surface area contributed by atoms with E-state index >= 15 is 0 Å². The van der Waals surface area contributed by atoms with Crippen molar-refractivity contribution >= 4 is 38.5 Å². The number of halogens is 2. The topological polar surface area (TPSA) is 26.7 Å². The van der Waals surface area contributed by atoms with Crippen LogP contribution in [-0.2, 0) is 6.54 Å². The van der Waals surface area contributed by atoms with Crippen molar-refractivity contribution in [3.63, 3.8) is 0 Å². The maximum atomic E-state index is 10.2. The summed E-state index contributed by atoms with van der Waals surface area (Å²) in [6.45, 7) is 5.69. The Hall–Kier alpha value is 0.150. The van der Waals surface area contributed by atoms with Crippen LogP contribution in [0.3, 0.4) is 0 Å². The molecule has 0 radical (unpaired) electrons. The van der Waals surface area contributed by atoms with E-state index in [0.717, 1.165) is 39.3 Å². The van der Waals surface area contributed by atoms with E-state index in [1.807, 2.05) is 6.07 Å². The van der Waals surface area contributed by atoms with Gasteiger partial charge in [0.15, 0.2) is 0 Å². The molecule has 1 N–H and O–H groups in total. The molecule has 1 aromatic rings. The molecule has 3 aliphatic rings. The number of piperazine rings is 1. The highest BCUT2D eigenvalue weighted by atomic mass is 127. The molecule has 4 rings (SSSR count). The first-order chi connectivity index (χ1) is 10.0. The average molecular weight is 463 g/mol. The van der Waals surface area contributed by atoms with Gasteiger partial charge in [0.2, 0.25) is 0 Å². The third-order valence-corrected chi connectivity index (χ3v) is 7.66. The van der Waals surface area contributed by atoms with Gasteiger partial charge in [0.25, 0.3) is 0 Å². The maximum absolute atomic E-state index is 10.2. The van der Waals surface area contributed by atoms with E-state index in [-0.39, 0.29) is 0 Å². The van der Waals surface area contributed by atoms with Crippen LogP contribution in [0.2, 0.25) is 0 Å². The van der Waals surface area contributed by atoms with Crippen LogP contribution in [0.1, 0.15) is 24.8 Å². The lowest BCUT2D eigenvalue weighted by Crippen LogP contribution is -2.49. The minimum Gasteiger partial charge on any atom is -0.508 e. The van der Waals surface area contributed by atoms with E-state index in [4.69, 9.17) is 0 Å². The van der Waals surface area contributed by atoms with Crippen LogP contribution in [0.4, 0.5) is 0 Å². The summed E-state index contributed by atoms with van der Waals surface area (Å²) in [6, 6.07) is 4.67. The van der Waals surface area contributed by atoms with Gasteiger partial charge in [-0.15, -0.1) is 0 Å². The normalized spacial score (nSPS) is 28.0. The number of phenolic OH excluding ortho intramolecular Hbond substituents is 1. The Kier molecular flexibility index (Phi) is 3.75. The van der Waals surface area contributed by atoms with E-state index in [0.29, 0.717) is 11.2 Å². The van der Waals surface area contributed by atoms with Gasteiger partial charge in [0.05, 0.1) is 0 Å². The van der Waals surface area contributed by atoms with E-state index < -0.39 is 0 Å². The van der Waals surface area contributed by atoms with E-state index in [2.05, 4.69) is 54.4 Å². The molecule has 0 aromatic heterocycles. The number of phenols is 1. The number of fused-ring (bicyclic) bond motifs is 1. The van der Waals surface area contributed by atoms with Crippen molar-refractivity contribution < 1.29 is 5.11 Å². The fourth-order valence-electron chi connectivity index (χ4n) is 3.98. The first-order valence-electron chi connectivity index (χ1n) is 7.68. The Balaban J connectivity index is 1.45. The molecule has 0 unspecified atom stereocenters. The van der Waals surface area contributed by atoms with Gasteiger partial charge < -0.3 is 5.11 Å². The summed E-state index contributed by atoms with van der Waals surface area (Å²) in [4.78, 5) is 5.22. The molecule has 1 atom stereocenters. The number of hydrogen-bond acceptors (Lipinski definition) is 3. The smallest absolute Gasteiger partial charge is 0.121 e. The second-order valence-corrected chi connectivity index (χ2v) is 8.98. The monoisotopic (exact) mass is 462 g/mol. The van der Waals surface area contributed by atoms with Crippen molar-refractivity contribution in [3.8, 4) is 5.75 Å². The molecule has 2 heterocycles. The van der Waals surface area contributed by atoms with Crippen LogP contribution in [0, 0.1) is 8.99 Å². The Morgan fingerprint density at radius 1 is 1.33 bits per heavy atom. The maximum Gasteiger partial charge on any atom is 0.121 e. The molecule has 3 nitrogen and oxygen atoms in total. The number of benzene rings is 1. The van der Waals surface area contributed by atoms with Crippen molar-refractivity contribution in [2.45, 2.75) is 31.8 Å². The summed E-state index contributed by atoms with van der Waals surface area (Å²) >= 11 is 5.79. The van der Waals surface area contributed by atoms with Crippen LogP contribution >= 0.6 is 38.5 Å². The minimum absolute atomic E-state index is 0.412. The lowest BCUT2D eigenvalue weighted by Gasteiger charge is -2.37. The Bertz CT molecular complexity index is 576. The largest absolute Gasteiger partial charge is 0.508 e. The molecule has 1 saturated carbocycles. The second kappa shape index (κ2) is 5.35. The van der Waals surface area contributed by atoms with Crippen LogP contribution in [0.25, 0.3) is 0 Å². The molecule has 21 heavy (non-hydrogen) atoms. The molecule has 2 aliphatic heterocycles. The molecule has 0 amide bonds. The predicted octanol–water partition coefficient (Wildman–Crippen LogP) is 3.43. The highest BCUT2D eigenvalue weighted by Crippen LogP contribution is 2.55. The zero-order valence-corrected chi connectivity index (χ0v) is 15.7. The molecule has 114 valence electrons. The molecular weight excluding hydrogens is 443 g/mol. The molecule has 1 aliphatic carbocycles. The lowest BCUT2D eigenvalue weighted by molar-refractivity contribution is 0.0982. The zero-order chi connectivity index (χ0) is 14.6. The first kappa shape index (κ1) is 14.7. The van der Waals surface area contributed by atoms with E-state index in [1.165, 1.54) is 32.4 Å². The third-order valence-electron chi connectivity index (χ3n) is 5.37. The average Bonchev–Trinajstić information content (AvgIpc) is 3.07. The van der Waals surface area contributed by atoms with E-state index in [9.17, 15) is 5.11 Å². The van der Waals surface area contributed by atoms with Crippen LogP contribution in [0.5, 0.6) is 5.75 Å². The molecule has 5 heteroatoms. The third kappa shape index (κ3) is 2.86. The second-order valence-electron chi connectivity index (χ2n) is 6.96. The lowest BCUT2D eigenvalue weighted by atomic mass is 10.0. The number of nitrogens with zero attached hydrogens (tertiary/aromatic N) is 2. The van der Waals surface area contributed by atoms with Crippen molar-refractivity contribution in [1.82, 2.24) is 9.80 Å². The highest BCUT2D eigenvalue weighted by molar-refractivity contribution is 14.1. The molecular formula is C16H20BrIN2O. The van der Waals surface area contributed by atoms with Gasteiger partial charge in [-0.05, 0) is 75.3 Å². The standard InChI is InChI=1S/C16H20BrIN2O/c17-13-6-15(21)11(5-14(13)18)8-19-3-4-20-10-16(1-2-16)7-12(20)9-19/h5-6,12,21H,1-4,7-10H2/t12-/m0/s1. The summed E-state index contributed by atoms with van der Waals surface area (Å²) in [7, 11) is 0. The van der Waals surface area contributed by atoms with Crippen LogP contribution < -0.4 is 0 Å². The zero-order valence-electron chi connectivity index (χ0n) is 12.0. The quantitative estimate of drug-likeness (QED) is 0.682. The predicted molar refractivity (Wildman–Crippen MR) is 95.4 cm³/mol. The van der Waals surface area contributed by atoms with Crippen LogP contribution in [-0.4, -0.2) is 47.1 Å². The van der Waals surface area contributed by atoms with Gasteiger partial charge in [-0.3, -0.25) is 9.80 Å². The summed E-state index contributed by atoms with van der Waals surface area (Å²) in [6.07, 6.45) is 4.30. The first-order valence-corrected chi connectivity index (χ1v) is 9.55. The minimum atomic E-state index is 0.412. The van der Waals surface area contributed by atoms with Crippen molar-refractivity contribution in [3.05, 3.63) is 25.7 Å². The summed E-state index contributed by atoms with van der Waals surface area (Å²) in [5, 5.41) is 10.2. The van der Waals surface area contributed by atoms with Gasteiger partial charge in [-0.2, -0.15) is 0 Å². The summed E-state index contributed by atoms with van der Waals surface area (Å²) in [5.74, 6) is 0.412. The Morgan fingerprint density at radius 3 is 2.90 bits per heavy atom. The molecule has 3 fully saturated rings. The molecule has 1 aromatic carbocycles. The fraction of sp³-hybridized carbons (Fsp3) is 0.625. The summed E-state index contributed by atoms with van der Waals surface area (Å²) < 4.78 is 2.14. The number of rotatable bonds is 2. The van der Waals surface area contributed by atoms with Gasteiger partial charge in [-0.25, -0.2) is 0 Å². The number of aromatic hydroxyl groups is 1. The van der Waals surface area contributed by atoms with Gasteiger partial charge >= 0.3 is 0 Å². The van der Waals surface area contributed by atoms with E-state index in [1.54, 1.807) is 0 Å². The Labute approximate surface area is 148 Å². The summed E-state index contributed by atoms with van der Waals surface area (Å²) in [5.41, 5.74) is 1.76. The molecule has 2 saturated heterocycles. The fourth-order valence-corrected chi connectivity index (χ4v) is 4.84. The van der Waals surface area contributed by atoms with Crippen molar-refractivity contribution in [2.24, 2.45) is 5.41 Å².